The van der Waals surface area contributed by atoms with Gasteiger partial charge in [0, 0.05) is 10.8 Å². The number of hydrogen-bond donors (Lipinski definition) is 7. The second-order valence-electron chi connectivity index (χ2n) is 16.9. The van der Waals surface area contributed by atoms with Crippen LogP contribution < -0.4 is 0 Å². The second-order valence-corrected chi connectivity index (χ2v) is 16.9. The van der Waals surface area contributed by atoms with Crippen LogP contribution in [0.25, 0.3) is 0 Å². The summed E-state index contributed by atoms with van der Waals surface area (Å²) in [6.07, 6.45) is 0.100. The summed E-state index contributed by atoms with van der Waals surface area (Å²) >= 11 is 0. The summed E-state index contributed by atoms with van der Waals surface area (Å²) in [4.78, 5) is 0. The minimum Gasteiger partial charge on any atom is -0.394 e. The molecule has 9 heteroatoms. The third-order valence-corrected chi connectivity index (χ3v) is 14.0. The van der Waals surface area contributed by atoms with Crippen molar-refractivity contribution in [1.82, 2.24) is 0 Å². The Morgan fingerprint density at radius 1 is 0.978 bits per heavy atom. The highest BCUT2D eigenvalue weighted by Gasteiger charge is 2.72. The maximum Gasteiger partial charge on any atom is 0.187 e. The number of hydrogen-bond acceptors (Lipinski definition) is 9. The van der Waals surface area contributed by atoms with Crippen LogP contribution >= 0.6 is 0 Å². The smallest absolute Gasteiger partial charge is 0.187 e. The Balaban J connectivity index is 1.54. The third kappa shape index (κ3) is 5.23. The monoisotopic (exact) mass is 636 g/mol. The van der Waals surface area contributed by atoms with Gasteiger partial charge in [-0.05, 0) is 94.3 Å². The largest absolute Gasteiger partial charge is 0.394 e. The lowest BCUT2D eigenvalue weighted by molar-refractivity contribution is -0.336. The zero-order valence-electron chi connectivity index (χ0n) is 28.6. The summed E-state index contributed by atoms with van der Waals surface area (Å²) in [6.45, 7) is 16.4. The highest BCUT2D eigenvalue weighted by molar-refractivity contribution is 5.36. The highest BCUT2D eigenvalue weighted by atomic mass is 16.7. The highest BCUT2D eigenvalue weighted by Crippen LogP contribution is 2.74. The lowest BCUT2D eigenvalue weighted by atomic mass is 9.37. The summed E-state index contributed by atoms with van der Waals surface area (Å²) in [5.41, 5.74) is -0.398. The fourth-order valence-electron chi connectivity index (χ4n) is 11.1. The molecule has 0 unspecified atom stereocenters. The fraction of sp³-hybridized carbons (Fsp3) is 0.889. The molecular formula is C36H60O9. The summed E-state index contributed by atoms with van der Waals surface area (Å²) in [7, 11) is 0. The van der Waals surface area contributed by atoms with E-state index in [2.05, 4.69) is 40.7 Å². The molecule has 1 aliphatic heterocycles. The van der Waals surface area contributed by atoms with Gasteiger partial charge in [0.2, 0.25) is 0 Å². The Hall–Kier alpha value is -0.880. The molecule has 0 bridgehead atoms. The van der Waals surface area contributed by atoms with Crippen molar-refractivity contribution in [2.24, 2.45) is 39.4 Å². The Labute approximate surface area is 269 Å². The standard InChI is InChI=1S/C36H60O9/c1-19(2)10-9-13-35(7,45-31-30(43)29(42)28(41)22(18-37)44-31)20-11-15-34(6)27(20)21(38)16-24-33(5)14-12-25(39)32(3,4)23(33)17-26(40)36(24,34)8/h10,17,20-22,24-31,37-43H,9,11-16,18H2,1-8H3/t20-,21-,22+,24-,25+,26+,27+,28+,29-,30+,31-,33+,34-,35+,36-/m1/s1. The first-order chi connectivity index (χ1) is 20.8. The van der Waals surface area contributed by atoms with Gasteiger partial charge in [-0.2, -0.15) is 0 Å². The lowest BCUT2D eigenvalue weighted by Gasteiger charge is -2.69. The third-order valence-electron chi connectivity index (χ3n) is 14.0. The van der Waals surface area contributed by atoms with Crippen LogP contribution in [0.5, 0.6) is 0 Å². The first-order valence-electron chi connectivity index (χ1n) is 17.2. The van der Waals surface area contributed by atoms with E-state index in [1.165, 1.54) is 0 Å². The molecule has 0 radical (unpaired) electrons. The first-order valence-corrected chi connectivity index (χ1v) is 17.2. The topological polar surface area (TPSA) is 160 Å². The zero-order chi connectivity index (χ0) is 33.5. The Morgan fingerprint density at radius 2 is 1.64 bits per heavy atom. The summed E-state index contributed by atoms with van der Waals surface area (Å²) in [5, 5.41) is 77.0. The molecular weight excluding hydrogens is 576 g/mol. The van der Waals surface area contributed by atoms with Gasteiger partial charge in [0.15, 0.2) is 6.29 Å². The molecule has 7 N–H and O–H groups in total. The molecule has 0 aromatic carbocycles. The van der Waals surface area contributed by atoms with E-state index in [0.717, 1.165) is 30.4 Å². The van der Waals surface area contributed by atoms with Crippen molar-refractivity contribution < 1.29 is 45.2 Å². The normalized spacial score (nSPS) is 50.5. The number of ether oxygens (including phenoxy) is 2. The Bertz CT molecular complexity index is 1160. The van der Waals surface area contributed by atoms with E-state index in [-0.39, 0.29) is 23.2 Å². The fourth-order valence-corrected chi connectivity index (χ4v) is 11.1. The van der Waals surface area contributed by atoms with Gasteiger partial charge in [-0.25, -0.2) is 0 Å². The van der Waals surface area contributed by atoms with Crippen LogP contribution in [-0.4, -0.2) is 97.0 Å². The minimum atomic E-state index is -1.55. The van der Waals surface area contributed by atoms with E-state index in [4.69, 9.17) is 9.47 Å². The van der Waals surface area contributed by atoms with Gasteiger partial charge >= 0.3 is 0 Å². The van der Waals surface area contributed by atoms with Crippen molar-refractivity contribution >= 4 is 0 Å². The van der Waals surface area contributed by atoms with Gasteiger partial charge in [-0.15, -0.1) is 0 Å². The molecule has 5 rings (SSSR count). The predicted molar refractivity (Wildman–Crippen MR) is 170 cm³/mol. The van der Waals surface area contributed by atoms with E-state index >= 15 is 0 Å². The molecule has 15 atom stereocenters. The molecule has 45 heavy (non-hydrogen) atoms. The van der Waals surface area contributed by atoms with Gasteiger partial charge < -0.3 is 45.2 Å². The van der Waals surface area contributed by atoms with Crippen LogP contribution in [0.15, 0.2) is 23.3 Å². The maximum atomic E-state index is 12.2. The lowest BCUT2D eigenvalue weighted by Crippen LogP contribution is -2.68. The number of fused-ring (bicyclic) bond motifs is 5. The molecule has 4 aliphatic carbocycles. The summed E-state index contributed by atoms with van der Waals surface area (Å²) in [5.74, 6) is -0.385. The molecule has 3 saturated carbocycles. The SMILES string of the molecule is CC(C)=CCC[C@](C)(O[C@H]1O[C@@H](CO)[C@H](O)[C@@H](O)[C@@H]1O)[C@@H]1CC[C@]2(C)[C@@H]1[C@H](O)C[C@H]1[C@]2(C)[C@@H](O)C=C2C(C)(C)[C@@H](O)CC[C@@]21C. The van der Waals surface area contributed by atoms with Gasteiger partial charge in [0.05, 0.1) is 30.5 Å². The summed E-state index contributed by atoms with van der Waals surface area (Å²) in [6, 6.07) is 0. The Kier molecular flexibility index (Phi) is 9.38. The van der Waals surface area contributed by atoms with Crippen LogP contribution in [0.2, 0.25) is 0 Å². The van der Waals surface area contributed by atoms with Crippen LogP contribution in [0.4, 0.5) is 0 Å². The molecule has 258 valence electrons. The van der Waals surface area contributed by atoms with Crippen LogP contribution in [0.1, 0.15) is 100 Å². The van der Waals surface area contributed by atoms with E-state index in [1.54, 1.807) is 0 Å². The van der Waals surface area contributed by atoms with Crippen molar-refractivity contribution in [2.45, 2.75) is 155 Å². The minimum absolute atomic E-state index is 0.00470. The Morgan fingerprint density at radius 3 is 2.27 bits per heavy atom. The molecule has 0 aromatic rings. The number of aliphatic hydroxyl groups excluding tert-OH is 7. The summed E-state index contributed by atoms with van der Waals surface area (Å²) < 4.78 is 12.5. The van der Waals surface area contributed by atoms with Crippen molar-refractivity contribution in [3.05, 3.63) is 23.3 Å². The second kappa shape index (κ2) is 11.9. The van der Waals surface area contributed by atoms with E-state index in [1.807, 2.05) is 26.8 Å². The quantitative estimate of drug-likeness (QED) is 0.208. The van der Waals surface area contributed by atoms with Gasteiger partial charge in [-0.3, -0.25) is 0 Å². The number of allylic oxidation sites excluding steroid dienone is 2. The average molecular weight is 637 g/mol. The van der Waals surface area contributed by atoms with E-state index in [0.29, 0.717) is 25.7 Å². The van der Waals surface area contributed by atoms with E-state index in [9.17, 15) is 35.7 Å². The van der Waals surface area contributed by atoms with Crippen LogP contribution in [0.3, 0.4) is 0 Å². The van der Waals surface area contributed by atoms with Gasteiger partial charge in [0.25, 0.3) is 0 Å². The zero-order valence-corrected chi connectivity index (χ0v) is 28.6. The molecule has 1 saturated heterocycles. The predicted octanol–water partition coefficient (Wildman–Crippen LogP) is 3.22. The molecule has 4 fully saturated rings. The average Bonchev–Trinajstić information content (AvgIpc) is 3.35. The molecule has 0 spiro atoms. The van der Waals surface area contributed by atoms with Crippen LogP contribution in [0, 0.1) is 39.4 Å². The van der Waals surface area contributed by atoms with Crippen molar-refractivity contribution in [1.29, 1.82) is 0 Å². The molecule has 0 amide bonds. The van der Waals surface area contributed by atoms with Gasteiger partial charge in [-0.1, -0.05) is 57.9 Å². The molecule has 0 aromatic heterocycles. The number of aliphatic hydroxyl groups is 7. The first kappa shape index (κ1) is 35.4. The van der Waals surface area contributed by atoms with Gasteiger partial charge in [0.1, 0.15) is 24.4 Å². The molecule has 9 nitrogen and oxygen atoms in total. The van der Waals surface area contributed by atoms with Crippen molar-refractivity contribution in [3.8, 4) is 0 Å². The molecule has 1 heterocycles. The molecule has 5 aliphatic rings. The maximum absolute atomic E-state index is 12.2. The van der Waals surface area contributed by atoms with Crippen molar-refractivity contribution in [3.63, 3.8) is 0 Å². The van der Waals surface area contributed by atoms with Crippen molar-refractivity contribution in [2.75, 3.05) is 6.61 Å². The number of rotatable bonds is 7. The van der Waals surface area contributed by atoms with Crippen LogP contribution in [-0.2, 0) is 9.47 Å². The van der Waals surface area contributed by atoms with E-state index < -0.39 is 77.5 Å².